The van der Waals surface area contributed by atoms with Crippen LogP contribution < -0.4 is 5.32 Å². The summed E-state index contributed by atoms with van der Waals surface area (Å²) >= 11 is 0. The summed E-state index contributed by atoms with van der Waals surface area (Å²) in [6.45, 7) is 2.28. The second-order valence-electron chi connectivity index (χ2n) is 3.33. The lowest BCUT2D eigenvalue weighted by atomic mass is 10.3. The van der Waals surface area contributed by atoms with Crippen LogP contribution in [0.25, 0.3) is 0 Å². The molecule has 0 heterocycles. The Bertz CT molecular complexity index is 230. The first-order valence-corrected chi connectivity index (χ1v) is 4.18. The van der Waals surface area contributed by atoms with Gasteiger partial charge in [0.15, 0.2) is 0 Å². The van der Waals surface area contributed by atoms with Crippen LogP contribution in [0.3, 0.4) is 0 Å². The van der Waals surface area contributed by atoms with Gasteiger partial charge >= 0.3 is 0 Å². The van der Waals surface area contributed by atoms with Gasteiger partial charge in [0.25, 0.3) is 0 Å². The molecular formula is C10H13N. The van der Waals surface area contributed by atoms with Crippen molar-refractivity contribution in [3.63, 3.8) is 0 Å². The highest BCUT2D eigenvalue weighted by Gasteiger charge is 2.31. The summed E-state index contributed by atoms with van der Waals surface area (Å²) in [6, 6.07) is 11.1. The molecule has 0 spiro atoms. The highest BCUT2D eigenvalue weighted by Crippen LogP contribution is 2.32. The molecule has 2 rings (SSSR count). The Labute approximate surface area is 67.4 Å². The molecule has 1 aromatic rings. The van der Waals surface area contributed by atoms with Crippen LogP contribution in [0.5, 0.6) is 0 Å². The van der Waals surface area contributed by atoms with E-state index in [1.54, 1.807) is 0 Å². The molecule has 1 aromatic carbocycles. The topological polar surface area (TPSA) is 12.0 Å². The number of nitrogens with one attached hydrogen (secondary N) is 1. The second-order valence-corrected chi connectivity index (χ2v) is 3.33. The maximum absolute atomic E-state index is 3.47. The predicted octanol–water partition coefficient (Wildman–Crippen LogP) is 2.51. The minimum Gasteiger partial charge on any atom is -0.382 e. The molecule has 0 aromatic heterocycles. The van der Waals surface area contributed by atoms with Crippen molar-refractivity contribution in [2.24, 2.45) is 5.92 Å². The first kappa shape index (κ1) is 6.71. The van der Waals surface area contributed by atoms with Gasteiger partial charge in [0, 0.05) is 11.7 Å². The second kappa shape index (κ2) is 2.57. The van der Waals surface area contributed by atoms with Gasteiger partial charge in [0.1, 0.15) is 0 Å². The highest BCUT2D eigenvalue weighted by molar-refractivity contribution is 5.44. The minimum absolute atomic E-state index is 0.734. The molecule has 1 heteroatoms. The first-order chi connectivity index (χ1) is 5.36. The van der Waals surface area contributed by atoms with Crippen molar-refractivity contribution < 1.29 is 0 Å². The maximum Gasteiger partial charge on any atom is 0.0342 e. The predicted molar refractivity (Wildman–Crippen MR) is 47.6 cm³/mol. The van der Waals surface area contributed by atoms with Crippen molar-refractivity contribution in [2.75, 3.05) is 5.32 Å². The molecular weight excluding hydrogens is 134 g/mol. The average Bonchev–Trinajstić information content (AvgIpc) is 2.69. The first-order valence-electron chi connectivity index (χ1n) is 4.18. The Morgan fingerprint density at radius 2 is 1.91 bits per heavy atom. The van der Waals surface area contributed by atoms with Gasteiger partial charge in [-0.05, 0) is 24.5 Å². The number of hydrogen-bond acceptors (Lipinski definition) is 1. The van der Waals surface area contributed by atoms with E-state index in [0.717, 1.165) is 12.0 Å². The lowest BCUT2D eigenvalue weighted by Crippen LogP contribution is -2.02. The van der Waals surface area contributed by atoms with Gasteiger partial charge in [0.05, 0.1) is 0 Å². The van der Waals surface area contributed by atoms with Crippen LogP contribution in [0.4, 0.5) is 5.69 Å². The fourth-order valence-corrected chi connectivity index (χ4v) is 1.27. The molecule has 1 aliphatic rings. The van der Waals surface area contributed by atoms with Gasteiger partial charge in [-0.1, -0.05) is 25.1 Å². The summed E-state index contributed by atoms with van der Waals surface area (Å²) in [7, 11) is 0. The van der Waals surface area contributed by atoms with Gasteiger partial charge in [0.2, 0.25) is 0 Å². The third-order valence-corrected chi connectivity index (χ3v) is 2.24. The molecule has 1 nitrogen and oxygen atoms in total. The molecule has 2 atom stereocenters. The fourth-order valence-electron chi connectivity index (χ4n) is 1.27. The standard InChI is InChI=1S/C10H13N/c1-8-7-10(8)11-9-5-3-2-4-6-9/h2-6,8,10-11H,7H2,1H3/t8-,10-/m1/s1. The van der Waals surface area contributed by atoms with E-state index in [0.29, 0.717) is 0 Å². The molecule has 1 saturated carbocycles. The highest BCUT2D eigenvalue weighted by atomic mass is 15.0. The molecule has 0 bridgehead atoms. The summed E-state index contributed by atoms with van der Waals surface area (Å²) in [5, 5.41) is 3.47. The lowest BCUT2D eigenvalue weighted by molar-refractivity contribution is 0.929. The number of para-hydroxylation sites is 1. The molecule has 1 fully saturated rings. The molecule has 0 radical (unpaired) electrons. The normalized spacial score (nSPS) is 28.1. The van der Waals surface area contributed by atoms with Crippen LogP contribution in [-0.4, -0.2) is 6.04 Å². The summed E-state index contributed by atoms with van der Waals surface area (Å²) in [5.41, 5.74) is 1.25. The van der Waals surface area contributed by atoms with Crippen molar-refractivity contribution in [1.29, 1.82) is 0 Å². The SMILES string of the molecule is C[C@@H]1C[C@H]1Nc1ccccc1. The van der Waals surface area contributed by atoms with Crippen molar-refractivity contribution in [3.05, 3.63) is 30.3 Å². The Balaban J connectivity index is 1.97. The number of hydrogen-bond donors (Lipinski definition) is 1. The van der Waals surface area contributed by atoms with E-state index in [1.807, 2.05) is 6.07 Å². The zero-order valence-corrected chi connectivity index (χ0v) is 6.75. The van der Waals surface area contributed by atoms with Crippen molar-refractivity contribution in [3.8, 4) is 0 Å². The smallest absolute Gasteiger partial charge is 0.0342 e. The summed E-state index contributed by atoms with van der Waals surface area (Å²) < 4.78 is 0. The Morgan fingerprint density at radius 3 is 2.45 bits per heavy atom. The largest absolute Gasteiger partial charge is 0.382 e. The summed E-state index contributed by atoms with van der Waals surface area (Å²) in [4.78, 5) is 0. The molecule has 11 heavy (non-hydrogen) atoms. The third-order valence-electron chi connectivity index (χ3n) is 2.24. The fraction of sp³-hybridized carbons (Fsp3) is 0.400. The Morgan fingerprint density at radius 1 is 1.27 bits per heavy atom. The van der Waals surface area contributed by atoms with Crippen molar-refractivity contribution >= 4 is 5.69 Å². The zero-order chi connectivity index (χ0) is 7.68. The number of rotatable bonds is 2. The average molecular weight is 147 g/mol. The molecule has 0 saturated heterocycles. The summed E-state index contributed by atoms with van der Waals surface area (Å²) in [6.07, 6.45) is 1.33. The van der Waals surface area contributed by atoms with Crippen molar-refractivity contribution in [1.82, 2.24) is 0 Å². The lowest BCUT2D eigenvalue weighted by Gasteiger charge is -2.02. The van der Waals surface area contributed by atoms with Gasteiger partial charge in [-0.15, -0.1) is 0 Å². The maximum atomic E-state index is 3.47. The minimum atomic E-state index is 0.734. The van der Waals surface area contributed by atoms with Gasteiger partial charge in [-0.3, -0.25) is 0 Å². The van der Waals surface area contributed by atoms with E-state index in [2.05, 4.69) is 36.5 Å². The van der Waals surface area contributed by atoms with E-state index in [1.165, 1.54) is 12.1 Å². The van der Waals surface area contributed by atoms with E-state index in [9.17, 15) is 0 Å². The number of benzene rings is 1. The molecule has 1 N–H and O–H groups in total. The van der Waals surface area contributed by atoms with Crippen LogP contribution in [0.1, 0.15) is 13.3 Å². The number of anilines is 1. The molecule has 58 valence electrons. The van der Waals surface area contributed by atoms with Crippen LogP contribution >= 0.6 is 0 Å². The van der Waals surface area contributed by atoms with Gasteiger partial charge in [-0.2, -0.15) is 0 Å². The molecule has 1 aliphatic carbocycles. The van der Waals surface area contributed by atoms with Crippen LogP contribution in [-0.2, 0) is 0 Å². The van der Waals surface area contributed by atoms with Crippen LogP contribution in [0.15, 0.2) is 30.3 Å². The quantitative estimate of drug-likeness (QED) is 0.677. The zero-order valence-electron chi connectivity index (χ0n) is 6.75. The van der Waals surface area contributed by atoms with Crippen LogP contribution in [0, 0.1) is 5.92 Å². The molecule has 0 amide bonds. The molecule has 0 aliphatic heterocycles. The monoisotopic (exact) mass is 147 g/mol. The molecule has 0 unspecified atom stereocenters. The van der Waals surface area contributed by atoms with E-state index in [4.69, 9.17) is 0 Å². The van der Waals surface area contributed by atoms with Gasteiger partial charge in [-0.25, -0.2) is 0 Å². The summed E-state index contributed by atoms with van der Waals surface area (Å²) in [5.74, 6) is 0.871. The third kappa shape index (κ3) is 1.53. The van der Waals surface area contributed by atoms with Crippen LogP contribution in [0.2, 0.25) is 0 Å². The van der Waals surface area contributed by atoms with Gasteiger partial charge < -0.3 is 5.32 Å². The van der Waals surface area contributed by atoms with E-state index in [-0.39, 0.29) is 0 Å². The van der Waals surface area contributed by atoms with Crippen molar-refractivity contribution in [2.45, 2.75) is 19.4 Å². The Kier molecular flexibility index (Phi) is 1.57. The van der Waals surface area contributed by atoms with E-state index < -0.39 is 0 Å². The van der Waals surface area contributed by atoms with E-state index >= 15 is 0 Å². The Hall–Kier alpha value is -0.980.